The van der Waals surface area contributed by atoms with Crippen LogP contribution in [0.15, 0.2) is 40.2 Å². The first kappa shape index (κ1) is 13.1. The highest BCUT2D eigenvalue weighted by atomic mass is 79.9. The van der Waals surface area contributed by atoms with Crippen molar-refractivity contribution >= 4 is 38.9 Å². The van der Waals surface area contributed by atoms with Crippen molar-refractivity contribution in [1.82, 2.24) is 0 Å². The van der Waals surface area contributed by atoms with Crippen molar-refractivity contribution in [3.8, 4) is 0 Å². The van der Waals surface area contributed by atoms with Gasteiger partial charge in [0.15, 0.2) is 0 Å². The molecule has 0 bridgehead atoms. The molecule has 18 heavy (non-hydrogen) atoms. The number of anilines is 1. The molecule has 1 atom stereocenters. The molecule has 0 aliphatic carbocycles. The van der Waals surface area contributed by atoms with E-state index in [1.807, 2.05) is 42.6 Å². The summed E-state index contributed by atoms with van der Waals surface area (Å²) in [6.07, 6.45) is 0. The van der Waals surface area contributed by atoms with Gasteiger partial charge < -0.3 is 11.1 Å². The molecule has 0 spiro atoms. The zero-order chi connectivity index (χ0) is 13.1. The monoisotopic (exact) mass is 324 g/mol. The number of thiophene rings is 1. The second-order valence-electron chi connectivity index (χ2n) is 4.01. The maximum atomic E-state index is 11.5. The molecule has 3 nitrogen and oxygen atoms in total. The summed E-state index contributed by atoms with van der Waals surface area (Å²) in [4.78, 5) is 12.4. The molecule has 1 aromatic heterocycles. The lowest BCUT2D eigenvalue weighted by molar-refractivity contribution is -0.118. The molecule has 0 fully saturated rings. The largest absolute Gasteiger partial charge is 0.369 e. The van der Waals surface area contributed by atoms with E-state index in [1.54, 1.807) is 0 Å². The molecule has 0 aliphatic heterocycles. The standard InChI is InChI=1S/C13H13BrN2OS/c1-8-2-4-10(5-3-8)16-12(13(15)17)11-6-9(14)7-18-11/h2-7,12,16H,1H3,(H2,15,17). The van der Waals surface area contributed by atoms with E-state index in [2.05, 4.69) is 21.2 Å². The molecule has 3 N–H and O–H groups in total. The molecule has 1 unspecified atom stereocenters. The Bertz CT molecular complexity index is 550. The van der Waals surface area contributed by atoms with Crippen LogP contribution in [0.4, 0.5) is 5.69 Å². The van der Waals surface area contributed by atoms with E-state index in [4.69, 9.17) is 5.73 Å². The quantitative estimate of drug-likeness (QED) is 0.904. The summed E-state index contributed by atoms with van der Waals surface area (Å²) in [6.45, 7) is 2.02. The van der Waals surface area contributed by atoms with E-state index >= 15 is 0 Å². The van der Waals surface area contributed by atoms with Gasteiger partial charge in [-0.3, -0.25) is 4.79 Å². The normalized spacial score (nSPS) is 12.1. The van der Waals surface area contributed by atoms with Crippen molar-refractivity contribution in [2.24, 2.45) is 5.73 Å². The Labute approximate surface area is 118 Å². The average molecular weight is 325 g/mol. The number of nitrogens with two attached hydrogens (primary N) is 1. The number of rotatable bonds is 4. The minimum atomic E-state index is -0.496. The van der Waals surface area contributed by atoms with Gasteiger partial charge in [0.25, 0.3) is 0 Å². The Hall–Kier alpha value is -1.33. The minimum absolute atomic E-state index is 0.384. The van der Waals surface area contributed by atoms with Crippen molar-refractivity contribution in [2.75, 3.05) is 5.32 Å². The lowest BCUT2D eigenvalue weighted by atomic mass is 10.2. The first-order chi connectivity index (χ1) is 8.56. The number of primary amides is 1. The molecule has 2 rings (SSSR count). The van der Waals surface area contributed by atoms with Crippen molar-refractivity contribution < 1.29 is 4.79 Å². The summed E-state index contributed by atoms with van der Waals surface area (Å²) in [5.74, 6) is -0.384. The molecule has 94 valence electrons. The van der Waals surface area contributed by atoms with Crippen LogP contribution in [0.2, 0.25) is 0 Å². The number of aryl methyl sites for hydroxylation is 1. The van der Waals surface area contributed by atoms with Crippen LogP contribution in [0.25, 0.3) is 0 Å². The van der Waals surface area contributed by atoms with Gasteiger partial charge in [0.05, 0.1) is 0 Å². The molecule has 0 saturated carbocycles. The molecule has 0 radical (unpaired) electrons. The Morgan fingerprint density at radius 1 is 1.39 bits per heavy atom. The first-order valence-electron chi connectivity index (χ1n) is 5.43. The zero-order valence-electron chi connectivity index (χ0n) is 9.81. The Balaban J connectivity index is 2.22. The summed E-state index contributed by atoms with van der Waals surface area (Å²) in [5, 5.41) is 5.08. The molecule has 1 amide bonds. The molecule has 1 heterocycles. The van der Waals surface area contributed by atoms with Gasteiger partial charge in [-0.05, 0) is 41.1 Å². The zero-order valence-corrected chi connectivity index (χ0v) is 12.2. The molecule has 5 heteroatoms. The van der Waals surface area contributed by atoms with Crippen molar-refractivity contribution in [3.05, 3.63) is 50.6 Å². The fraction of sp³-hybridized carbons (Fsp3) is 0.154. The number of benzene rings is 1. The van der Waals surface area contributed by atoms with Gasteiger partial charge in [-0.2, -0.15) is 0 Å². The summed E-state index contributed by atoms with van der Waals surface area (Å²) in [5.41, 5.74) is 7.50. The van der Waals surface area contributed by atoms with Crippen molar-refractivity contribution in [2.45, 2.75) is 13.0 Å². The summed E-state index contributed by atoms with van der Waals surface area (Å²) in [7, 11) is 0. The van der Waals surface area contributed by atoms with Gasteiger partial charge in [-0.15, -0.1) is 11.3 Å². The lowest BCUT2D eigenvalue weighted by Gasteiger charge is -2.15. The third-order valence-corrected chi connectivity index (χ3v) is 4.28. The maximum absolute atomic E-state index is 11.5. The van der Waals surface area contributed by atoms with Crippen LogP contribution in [0, 0.1) is 6.92 Å². The van der Waals surface area contributed by atoms with Gasteiger partial charge >= 0.3 is 0 Å². The van der Waals surface area contributed by atoms with Gasteiger partial charge in [0, 0.05) is 20.4 Å². The number of hydrogen-bond acceptors (Lipinski definition) is 3. The average Bonchev–Trinajstić information content (AvgIpc) is 2.74. The molecular weight excluding hydrogens is 312 g/mol. The van der Waals surface area contributed by atoms with E-state index in [9.17, 15) is 4.79 Å². The number of hydrogen-bond donors (Lipinski definition) is 2. The molecule has 1 aromatic carbocycles. The fourth-order valence-electron chi connectivity index (χ4n) is 1.58. The van der Waals surface area contributed by atoms with E-state index in [0.717, 1.165) is 15.0 Å². The first-order valence-corrected chi connectivity index (χ1v) is 7.10. The number of carbonyl (C=O) groups excluding carboxylic acids is 1. The van der Waals surface area contributed by atoms with Crippen LogP contribution in [0.5, 0.6) is 0 Å². The predicted molar refractivity (Wildman–Crippen MR) is 78.8 cm³/mol. The van der Waals surface area contributed by atoms with Gasteiger partial charge in [-0.25, -0.2) is 0 Å². The van der Waals surface area contributed by atoms with Crippen molar-refractivity contribution in [1.29, 1.82) is 0 Å². The number of nitrogens with one attached hydrogen (secondary N) is 1. The third-order valence-electron chi connectivity index (χ3n) is 2.52. The fourth-order valence-corrected chi connectivity index (χ4v) is 3.08. The SMILES string of the molecule is Cc1ccc(NC(C(N)=O)c2cc(Br)cs2)cc1. The van der Waals surface area contributed by atoms with E-state index < -0.39 is 6.04 Å². The van der Waals surface area contributed by atoms with Crippen LogP contribution >= 0.6 is 27.3 Å². The summed E-state index contributed by atoms with van der Waals surface area (Å²) in [6, 6.07) is 9.27. The van der Waals surface area contributed by atoms with Crippen LogP contribution in [0.3, 0.4) is 0 Å². The topological polar surface area (TPSA) is 55.1 Å². The van der Waals surface area contributed by atoms with E-state index in [1.165, 1.54) is 16.9 Å². The van der Waals surface area contributed by atoms with Crippen LogP contribution in [0.1, 0.15) is 16.5 Å². The Kier molecular flexibility index (Phi) is 4.04. The highest BCUT2D eigenvalue weighted by Gasteiger charge is 2.19. The van der Waals surface area contributed by atoms with Gasteiger partial charge in [-0.1, -0.05) is 17.7 Å². The molecular formula is C13H13BrN2OS. The van der Waals surface area contributed by atoms with Gasteiger partial charge in [0.1, 0.15) is 6.04 Å². The molecule has 0 aliphatic rings. The number of carbonyl (C=O) groups is 1. The second kappa shape index (κ2) is 5.54. The second-order valence-corrected chi connectivity index (χ2v) is 5.87. The summed E-state index contributed by atoms with van der Waals surface area (Å²) < 4.78 is 0.958. The third kappa shape index (κ3) is 3.11. The Morgan fingerprint density at radius 2 is 2.06 bits per heavy atom. The molecule has 2 aromatic rings. The van der Waals surface area contributed by atoms with E-state index in [-0.39, 0.29) is 5.91 Å². The van der Waals surface area contributed by atoms with Crippen LogP contribution < -0.4 is 11.1 Å². The highest BCUT2D eigenvalue weighted by molar-refractivity contribution is 9.10. The molecule has 0 saturated heterocycles. The highest BCUT2D eigenvalue weighted by Crippen LogP contribution is 2.28. The predicted octanol–water partition coefficient (Wildman–Crippen LogP) is 3.46. The smallest absolute Gasteiger partial charge is 0.245 e. The summed E-state index contributed by atoms with van der Waals surface area (Å²) >= 11 is 4.87. The van der Waals surface area contributed by atoms with Crippen LogP contribution in [-0.4, -0.2) is 5.91 Å². The minimum Gasteiger partial charge on any atom is -0.369 e. The van der Waals surface area contributed by atoms with Gasteiger partial charge in [0.2, 0.25) is 5.91 Å². The maximum Gasteiger partial charge on any atom is 0.245 e. The number of halogens is 1. The lowest BCUT2D eigenvalue weighted by Crippen LogP contribution is -2.26. The number of amides is 1. The van der Waals surface area contributed by atoms with Crippen molar-refractivity contribution in [3.63, 3.8) is 0 Å². The van der Waals surface area contributed by atoms with Crippen LogP contribution in [-0.2, 0) is 4.79 Å². The Morgan fingerprint density at radius 3 is 2.56 bits per heavy atom. The van der Waals surface area contributed by atoms with E-state index in [0.29, 0.717) is 0 Å².